The lowest BCUT2D eigenvalue weighted by molar-refractivity contribution is -0.121. The average molecular weight is 316 g/mol. The molecule has 3 rings (SSSR count). The maximum Gasteiger partial charge on any atom is 0.224 e. The first kappa shape index (κ1) is 15.8. The van der Waals surface area contributed by atoms with Crippen molar-refractivity contribution in [3.05, 3.63) is 41.2 Å². The second-order valence-corrected chi connectivity index (χ2v) is 6.48. The predicted molar refractivity (Wildman–Crippen MR) is 86.0 cm³/mol. The Kier molecular flexibility index (Phi) is 4.84. The fraction of sp³-hybridized carbons (Fsp3) is 0.556. The van der Waals surface area contributed by atoms with Crippen molar-refractivity contribution < 1.29 is 13.7 Å². The van der Waals surface area contributed by atoms with Crippen molar-refractivity contribution in [1.82, 2.24) is 10.5 Å². The topological polar surface area (TPSA) is 68.3 Å². The molecule has 2 atom stereocenters. The van der Waals surface area contributed by atoms with Crippen molar-refractivity contribution in [2.45, 2.75) is 58.4 Å². The van der Waals surface area contributed by atoms with Gasteiger partial charge in [-0.05, 0) is 44.7 Å². The van der Waals surface area contributed by atoms with Crippen LogP contribution in [-0.2, 0) is 17.6 Å². The molecule has 0 spiro atoms. The van der Waals surface area contributed by atoms with Gasteiger partial charge in [0.2, 0.25) is 5.91 Å². The predicted octanol–water partition coefficient (Wildman–Crippen LogP) is 3.34. The Labute approximate surface area is 136 Å². The number of aromatic nitrogens is 1. The van der Waals surface area contributed by atoms with Crippen LogP contribution in [0.15, 0.2) is 27.3 Å². The Morgan fingerprint density at radius 2 is 2.17 bits per heavy atom. The van der Waals surface area contributed by atoms with Gasteiger partial charge in [0.05, 0.1) is 18.4 Å². The molecule has 2 aromatic heterocycles. The van der Waals surface area contributed by atoms with Crippen LogP contribution in [0.3, 0.4) is 0 Å². The quantitative estimate of drug-likeness (QED) is 0.918. The third-order valence-electron chi connectivity index (χ3n) is 4.82. The van der Waals surface area contributed by atoms with Gasteiger partial charge in [-0.25, -0.2) is 0 Å². The number of nitrogens with one attached hydrogen (secondary N) is 1. The molecule has 124 valence electrons. The van der Waals surface area contributed by atoms with Crippen LogP contribution in [-0.4, -0.2) is 17.1 Å². The number of nitrogens with zero attached hydrogens (tertiary/aromatic N) is 1. The number of hydrogen-bond donors (Lipinski definition) is 1. The molecule has 5 nitrogen and oxygen atoms in total. The van der Waals surface area contributed by atoms with E-state index in [1.165, 1.54) is 12.8 Å². The van der Waals surface area contributed by atoms with E-state index in [9.17, 15) is 4.79 Å². The van der Waals surface area contributed by atoms with Crippen molar-refractivity contribution in [1.29, 1.82) is 0 Å². The lowest BCUT2D eigenvalue weighted by Crippen LogP contribution is -2.43. The van der Waals surface area contributed by atoms with Gasteiger partial charge in [0.1, 0.15) is 11.5 Å². The van der Waals surface area contributed by atoms with Gasteiger partial charge in [-0.1, -0.05) is 18.0 Å². The second-order valence-electron chi connectivity index (χ2n) is 6.48. The molecule has 0 saturated heterocycles. The SMILES string of the molecule is Cc1noc(C)c1CC(=O)N[C@@H]1CCCC[C@@H]1Cc1ccco1. The minimum absolute atomic E-state index is 0.0516. The highest BCUT2D eigenvalue weighted by Crippen LogP contribution is 2.28. The summed E-state index contributed by atoms with van der Waals surface area (Å²) in [5.74, 6) is 2.23. The summed E-state index contributed by atoms with van der Waals surface area (Å²) in [5, 5.41) is 7.14. The number of furan rings is 1. The van der Waals surface area contributed by atoms with Crippen LogP contribution in [0.4, 0.5) is 0 Å². The maximum atomic E-state index is 12.4. The van der Waals surface area contributed by atoms with E-state index in [-0.39, 0.29) is 11.9 Å². The smallest absolute Gasteiger partial charge is 0.224 e. The Morgan fingerprint density at radius 1 is 1.35 bits per heavy atom. The van der Waals surface area contributed by atoms with Gasteiger partial charge in [-0.3, -0.25) is 4.79 Å². The lowest BCUT2D eigenvalue weighted by atomic mass is 9.81. The van der Waals surface area contributed by atoms with Gasteiger partial charge in [0.25, 0.3) is 0 Å². The normalized spacial score (nSPS) is 21.3. The summed E-state index contributed by atoms with van der Waals surface area (Å²) < 4.78 is 10.6. The zero-order chi connectivity index (χ0) is 16.2. The summed E-state index contributed by atoms with van der Waals surface area (Å²) in [4.78, 5) is 12.4. The van der Waals surface area contributed by atoms with E-state index in [1.807, 2.05) is 26.0 Å². The monoisotopic (exact) mass is 316 g/mol. The molecule has 1 N–H and O–H groups in total. The van der Waals surface area contributed by atoms with E-state index < -0.39 is 0 Å². The van der Waals surface area contributed by atoms with E-state index in [1.54, 1.807) is 6.26 Å². The van der Waals surface area contributed by atoms with Crippen molar-refractivity contribution in [3.8, 4) is 0 Å². The molecule has 1 saturated carbocycles. The van der Waals surface area contributed by atoms with Crippen LogP contribution in [0.25, 0.3) is 0 Å². The van der Waals surface area contributed by atoms with Crippen LogP contribution in [0.5, 0.6) is 0 Å². The summed E-state index contributed by atoms with van der Waals surface area (Å²) in [5.41, 5.74) is 1.70. The minimum atomic E-state index is 0.0516. The number of amides is 1. The highest BCUT2D eigenvalue weighted by atomic mass is 16.5. The highest BCUT2D eigenvalue weighted by Gasteiger charge is 2.27. The van der Waals surface area contributed by atoms with Crippen LogP contribution in [0.2, 0.25) is 0 Å². The van der Waals surface area contributed by atoms with Crippen LogP contribution in [0, 0.1) is 19.8 Å². The zero-order valence-corrected chi connectivity index (χ0v) is 13.8. The Morgan fingerprint density at radius 3 is 2.87 bits per heavy atom. The fourth-order valence-corrected chi connectivity index (χ4v) is 3.50. The van der Waals surface area contributed by atoms with Gasteiger partial charge < -0.3 is 14.3 Å². The molecule has 1 fully saturated rings. The molecule has 23 heavy (non-hydrogen) atoms. The Bertz CT molecular complexity index is 626. The van der Waals surface area contributed by atoms with Crippen LogP contribution >= 0.6 is 0 Å². The van der Waals surface area contributed by atoms with Crippen LogP contribution < -0.4 is 5.32 Å². The standard InChI is InChI=1S/C18H24N2O3/c1-12-16(13(2)23-20-12)11-18(21)19-17-8-4-3-6-14(17)10-15-7-5-9-22-15/h5,7,9,14,17H,3-4,6,8,10-11H2,1-2H3,(H,19,21)/t14-,17-/m1/s1. The molecule has 0 aromatic carbocycles. The highest BCUT2D eigenvalue weighted by molar-refractivity contribution is 5.79. The maximum absolute atomic E-state index is 12.4. The second kappa shape index (κ2) is 7.02. The third kappa shape index (κ3) is 3.84. The zero-order valence-electron chi connectivity index (χ0n) is 13.8. The minimum Gasteiger partial charge on any atom is -0.469 e. The molecule has 1 amide bonds. The van der Waals surface area contributed by atoms with Crippen molar-refractivity contribution in [2.24, 2.45) is 5.92 Å². The van der Waals surface area contributed by atoms with Gasteiger partial charge in [-0.2, -0.15) is 0 Å². The average Bonchev–Trinajstić information content (AvgIpc) is 3.14. The molecule has 2 aromatic rings. The lowest BCUT2D eigenvalue weighted by Gasteiger charge is -2.31. The number of rotatable bonds is 5. The van der Waals surface area contributed by atoms with E-state index >= 15 is 0 Å². The van der Waals surface area contributed by atoms with Gasteiger partial charge in [0, 0.05) is 18.0 Å². The largest absolute Gasteiger partial charge is 0.469 e. The van der Waals surface area contributed by atoms with Gasteiger partial charge in [0.15, 0.2) is 0 Å². The molecular weight excluding hydrogens is 292 g/mol. The van der Waals surface area contributed by atoms with Crippen molar-refractivity contribution >= 4 is 5.91 Å². The van der Waals surface area contributed by atoms with E-state index in [4.69, 9.17) is 8.94 Å². The molecule has 1 aliphatic carbocycles. The van der Waals surface area contributed by atoms with Crippen molar-refractivity contribution in [3.63, 3.8) is 0 Å². The summed E-state index contributed by atoms with van der Waals surface area (Å²) in [7, 11) is 0. The molecule has 0 bridgehead atoms. The van der Waals surface area contributed by atoms with Gasteiger partial charge in [-0.15, -0.1) is 0 Å². The van der Waals surface area contributed by atoms with Crippen molar-refractivity contribution in [2.75, 3.05) is 0 Å². The molecular formula is C18H24N2O3. The Hall–Kier alpha value is -2.04. The number of carbonyl (C=O) groups excluding carboxylic acids is 1. The van der Waals surface area contributed by atoms with E-state index in [0.29, 0.717) is 12.3 Å². The summed E-state index contributed by atoms with van der Waals surface area (Å²) in [6.45, 7) is 3.72. The molecule has 0 aliphatic heterocycles. The van der Waals surface area contributed by atoms with Crippen LogP contribution in [0.1, 0.15) is 48.5 Å². The molecule has 1 aliphatic rings. The number of aryl methyl sites for hydroxylation is 2. The Balaban J connectivity index is 1.61. The van der Waals surface area contributed by atoms with E-state index in [2.05, 4.69) is 10.5 Å². The molecule has 5 heteroatoms. The number of carbonyl (C=O) groups is 1. The number of hydrogen-bond acceptors (Lipinski definition) is 4. The summed E-state index contributed by atoms with van der Waals surface area (Å²) in [6, 6.07) is 4.16. The first-order valence-electron chi connectivity index (χ1n) is 8.37. The molecule has 0 unspecified atom stereocenters. The van der Waals surface area contributed by atoms with E-state index in [0.717, 1.165) is 42.0 Å². The fourth-order valence-electron chi connectivity index (χ4n) is 3.50. The summed E-state index contributed by atoms with van der Waals surface area (Å²) >= 11 is 0. The third-order valence-corrected chi connectivity index (χ3v) is 4.82. The first-order chi connectivity index (χ1) is 11.1. The first-order valence-corrected chi connectivity index (χ1v) is 8.37. The van der Waals surface area contributed by atoms with Gasteiger partial charge >= 0.3 is 0 Å². The summed E-state index contributed by atoms with van der Waals surface area (Å²) in [6.07, 6.45) is 7.51. The molecule has 2 heterocycles. The molecule has 0 radical (unpaired) electrons.